The molecule has 0 radical (unpaired) electrons. The van der Waals surface area contributed by atoms with Crippen LogP contribution in [0.1, 0.15) is 12.5 Å². The maximum atomic E-state index is 12.1. The van der Waals surface area contributed by atoms with E-state index in [9.17, 15) is 4.79 Å². The Morgan fingerprint density at radius 1 is 1.16 bits per heavy atom. The zero-order valence-corrected chi connectivity index (χ0v) is 17.6. The molecule has 25 heavy (non-hydrogen) atoms. The van der Waals surface area contributed by atoms with E-state index >= 15 is 0 Å². The summed E-state index contributed by atoms with van der Waals surface area (Å²) in [6.07, 6.45) is 0. The Morgan fingerprint density at radius 3 is 2.40 bits per heavy atom. The molecule has 1 atom stereocenters. The fourth-order valence-corrected chi connectivity index (χ4v) is 2.68. The number of likely N-dealkylation sites (N-methyl/N-ethyl adjacent to an activating group) is 1. The van der Waals surface area contributed by atoms with Gasteiger partial charge >= 0.3 is 0 Å². The van der Waals surface area contributed by atoms with Crippen LogP contribution in [0.2, 0.25) is 0 Å². The molecule has 5 nitrogen and oxygen atoms in total. The summed E-state index contributed by atoms with van der Waals surface area (Å²) in [7, 11) is 4.03. The number of amides is 1. The summed E-state index contributed by atoms with van der Waals surface area (Å²) in [5.41, 5.74) is 2.14. The van der Waals surface area contributed by atoms with Gasteiger partial charge in [-0.3, -0.25) is 9.69 Å². The highest BCUT2D eigenvalue weighted by molar-refractivity contribution is 5.92. The third-order valence-corrected chi connectivity index (χ3v) is 4.15. The summed E-state index contributed by atoms with van der Waals surface area (Å²) >= 11 is 0. The maximum Gasteiger partial charge on any atom is 0.228 e. The van der Waals surface area contributed by atoms with Crippen molar-refractivity contribution < 1.29 is 4.79 Å². The topological polar surface area (TPSA) is 47.6 Å². The number of hydrogen-bond acceptors (Lipinski definition) is 4. The van der Waals surface area contributed by atoms with Gasteiger partial charge in [0.25, 0.3) is 0 Å². The Hall–Kier alpha value is -0.560. The zero-order valence-electron chi connectivity index (χ0n) is 15.2. The number of hydrogen-bond donors (Lipinski definition) is 2. The molecule has 2 rings (SSSR count). The summed E-state index contributed by atoms with van der Waals surface area (Å²) in [4.78, 5) is 16.9. The van der Waals surface area contributed by atoms with Crippen LogP contribution in [0.25, 0.3) is 0 Å². The van der Waals surface area contributed by atoms with Gasteiger partial charge in [0.1, 0.15) is 0 Å². The van der Waals surface area contributed by atoms with Crippen LogP contribution in [0.4, 0.5) is 5.69 Å². The molecule has 1 aliphatic rings. The molecule has 0 aromatic heterocycles. The Labute approximate surface area is 170 Å². The molecular formula is C17H31Cl3N4O. The summed E-state index contributed by atoms with van der Waals surface area (Å²) in [5, 5.41) is 6.04. The van der Waals surface area contributed by atoms with Crippen molar-refractivity contribution in [1.29, 1.82) is 0 Å². The second-order valence-electron chi connectivity index (χ2n) is 6.23. The van der Waals surface area contributed by atoms with E-state index in [0.29, 0.717) is 6.54 Å². The number of carbonyl (C=O) groups excluding carboxylic acids is 1. The number of piperazine rings is 1. The summed E-state index contributed by atoms with van der Waals surface area (Å²) < 4.78 is 0. The molecule has 1 aromatic carbocycles. The molecule has 1 saturated heterocycles. The predicted octanol–water partition coefficient (Wildman–Crippen LogP) is 2.49. The van der Waals surface area contributed by atoms with Gasteiger partial charge in [0.15, 0.2) is 0 Å². The van der Waals surface area contributed by atoms with Crippen molar-refractivity contribution >= 4 is 48.8 Å². The lowest BCUT2D eigenvalue weighted by Crippen LogP contribution is -2.43. The second-order valence-corrected chi connectivity index (χ2v) is 6.23. The number of rotatable bonds is 6. The average molecular weight is 414 g/mol. The van der Waals surface area contributed by atoms with Gasteiger partial charge in [-0.15, -0.1) is 37.2 Å². The molecule has 1 aromatic rings. The molecule has 0 saturated carbocycles. The molecule has 0 bridgehead atoms. The van der Waals surface area contributed by atoms with Gasteiger partial charge < -0.3 is 15.5 Å². The number of halogens is 3. The van der Waals surface area contributed by atoms with E-state index in [1.54, 1.807) is 0 Å². The first-order valence-electron chi connectivity index (χ1n) is 8.04. The standard InChI is InChI=1S/C17H28N4O.3ClH/c1-14(12-18-2)17(22)19-16-6-4-5-15(11-16)13-21-9-7-20(3)8-10-21;;;/h4-6,11,14,18H,7-10,12-13H2,1-3H3,(H,19,22);3*1H. The first-order valence-corrected chi connectivity index (χ1v) is 8.04. The first kappa shape index (κ1) is 26.7. The number of nitrogens with one attached hydrogen (secondary N) is 2. The Kier molecular flexibility index (Phi) is 14.5. The molecular weight excluding hydrogens is 383 g/mol. The molecule has 8 heteroatoms. The minimum Gasteiger partial charge on any atom is -0.326 e. The maximum absolute atomic E-state index is 12.1. The fraction of sp³-hybridized carbons (Fsp3) is 0.588. The Bertz CT molecular complexity index is 497. The van der Waals surface area contributed by atoms with Crippen molar-refractivity contribution in [2.75, 3.05) is 52.1 Å². The van der Waals surface area contributed by atoms with Gasteiger partial charge in [-0.25, -0.2) is 0 Å². The molecule has 1 heterocycles. The largest absolute Gasteiger partial charge is 0.326 e. The van der Waals surface area contributed by atoms with E-state index in [2.05, 4.69) is 39.6 Å². The van der Waals surface area contributed by atoms with Crippen LogP contribution in [-0.2, 0) is 11.3 Å². The van der Waals surface area contributed by atoms with Crippen LogP contribution < -0.4 is 10.6 Å². The van der Waals surface area contributed by atoms with E-state index < -0.39 is 0 Å². The van der Waals surface area contributed by atoms with Crippen LogP contribution >= 0.6 is 37.2 Å². The van der Waals surface area contributed by atoms with Crippen molar-refractivity contribution in [3.8, 4) is 0 Å². The highest BCUT2D eigenvalue weighted by atomic mass is 35.5. The highest BCUT2D eigenvalue weighted by Crippen LogP contribution is 2.14. The van der Waals surface area contributed by atoms with Gasteiger partial charge in [0.2, 0.25) is 5.91 Å². The molecule has 1 fully saturated rings. The van der Waals surface area contributed by atoms with Gasteiger partial charge in [0, 0.05) is 50.9 Å². The number of anilines is 1. The van der Waals surface area contributed by atoms with E-state index in [-0.39, 0.29) is 49.0 Å². The Morgan fingerprint density at radius 2 is 1.80 bits per heavy atom. The van der Waals surface area contributed by atoms with Crippen LogP contribution in [0.15, 0.2) is 24.3 Å². The molecule has 1 amide bonds. The lowest BCUT2D eigenvalue weighted by molar-refractivity contribution is -0.119. The monoisotopic (exact) mass is 412 g/mol. The van der Waals surface area contributed by atoms with Crippen LogP contribution in [-0.4, -0.2) is 62.5 Å². The number of carbonyl (C=O) groups is 1. The SMILES string of the molecule is CNCC(C)C(=O)Nc1cccc(CN2CCN(C)CC2)c1.Cl.Cl.Cl. The molecule has 0 spiro atoms. The summed E-state index contributed by atoms with van der Waals surface area (Å²) in [5.74, 6) is 0.0254. The van der Waals surface area contributed by atoms with E-state index in [0.717, 1.165) is 38.4 Å². The van der Waals surface area contributed by atoms with Crippen molar-refractivity contribution in [2.45, 2.75) is 13.5 Å². The van der Waals surface area contributed by atoms with Crippen LogP contribution in [0, 0.1) is 5.92 Å². The van der Waals surface area contributed by atoms with Crippen LogP contribution in [0.3, 0.4) is 0 Å². The van der Waals surface area contributed by atoms with Crippen molar-refractivity contribution in [3.05, 3.63) is 29.8 Å². The highest BCUT2D eigenvalue weighted by Gasteiger charge is 2.15. The Balaban J connectivity index is 0. The smallest absolute Gasteiger partial charge is 0.228 e. The third kappa shape index (κ3) is 9.08. The average Bonchev–Trinajstić information content (AvgIpc) is 2.50. The van der Waals surface area contributed by atoms with Crippen molar-refractivity contribution in [1.82, 2.24) is 15.1 Å². The lowest BCUT2D eigenvalue weighted by atomic mass is 10.1. The molecule has 0 aliphatic carbocycles. The second kappa shape index (κ2) is 13.6. The van der Waals surface area contributed by atoms with E-state index in [1.165, 1.54) is 5.56 Å². The predicted molar refractivity (Wildman–Crippen MR) is 113 cm³/mol. The van der Waals surface area contributed by atoms with Gasteiger partial charge in [0.05, 0.1) is 0 Å². The third-order valence-electron chi connectivity index (χ3n) is 4.15. The molecule has 1 unspecified atom stereocenters. The van der Waals surface area contributed by atoms with Crippen molar-refractivity contribution in [3.63, 3.8) is 0 Å². The van der Waals surface area contributed by atoms with Gasteiger partial charge in [-0.2, -0.15) is 0 Å². The molecule has 2 N–H and O–H groups in total. The normalized spacial score (nSPS) is 16.0. The first-order chi connectivity index (χ1) is 10.6. The van der Waals surface area contributed by atoms with Crippen LogP contribution in [0.5, 0.6) is 0 Å². The van der Waals surface area contributed by atoms with E-state index in [4.69, 9.17) is 0 Å². The van der Waals surface area contributed by atoms with E-state index in [1.807, 2.05) is 26.1 Å². The lowest BCUT2D eigenvalue weighted by Gasteiger charge is -2.32. The van der Waals surface area contributed by atoms with Crippen molar-refractivity contribution in [2.24, 2.45) is 5.92 Å². The fourth-order valence-electron chi connectivity index (χ4n) is 2.68. The van der Waals surface area contributed by atoms with Gasteiger partial charge in [-0.05, 0) is 31.8 Å². The molecule has 1 aliphatic heterocycles. The summed E-state index contributed by atoms with van der Waals surface area (Å²) in [6.45, 7) is 8.02. The minimum atomic E-state index is -0.0358. The zero-order chi connectivity index (χ0) is 15.9. The minimum absolute atomic E-state index is 0. The summed E-state index contributed by atoms with van der Waals surface area (Å²) in [6, 6.07) is 8.19. The number of benzene rings is 1. The quantitative estimate of drug-likeness (QED) is 0.752. The number of nitrogens with zero attached hydrogens (tertiary/aromatic N) is 2. The van der Waals surface area contributed by atoms with Gasteiger partial charge in [-0.1, -0.05) is 19.1 Å². The molecule has 146 valence electrons.